The van der Waals surface area contributed by atoms with Crippen LogP contribution in [0.1, 0.15) is 52.9 Å². The van der Waals surface area contributed by atoms with E-state index in [0.29, 0.717) is 11.3 Å². The second-order valence-electron chi connectivity index (χ2n) is 6.94. The fourth-order valence-electron chi connectivity index (χ4n) is 4.14. The number of rotatable bonds is 8. The van der Waals surface area contributed by atoms with Gasteiger partial charge in [-0.2, -0.15) is 0 Å². The number of fused-ring (bicyclic) bond motifs is 2. The molecule has 106 valence electrons. The topological polar surface area (TPSA) is 21.3 Å². The molecule has 2 rings (SSSR count). The molecule has 2 heteroatoms. The summed E-state index contributed by atoms with van der Waals surface area (Å²) in [7, 11) is 0. The van der Waals surface area contributed by atoms with Gasteiger partial charge in [-0.25, -0.2) is 0 Å². The maximum atomic E-state index is 5.84. The van der Waals surface area contributed by atoms with Gasteiger partial charge in [-0.3, -0.25) is 0 Å². The third-order valence-electron chi connectivity index (χ3n) is 5.02. The SMILES string of the molecule is CCNCC1(CCOCC(C)C)CC2CCC1C2. The highest BCUT2D eigenvalue weighted by atomic mass is 16.5. The van der Waals surface area contributed by atoms with Crippen LogP contribution >= 0.6 is 0 Å². The normalized spacial score (nSPS) is 34.7. The van der Waals surface area contributed by atoms with Crippen molar-refractivity contribution in [3.63, 3.8) is 0 Å². The Morgan fingerprint density at radius 3 is 2.72 bits per heavy atom. The summed E-state index contributed by atoms with van der Waals surface area (Å²) in [6.07, 6.45) is 7.19. The van der Waals surface area contributed by atoms with Crippen LogP contribution < -0.4 is 5.32 Å². The summed E-state index contributed by atoms with van der Waals surface area (Å²) in [5.41, 5.74) is 0.565. The Morgan fingerprint density at radius 2 is 2.17 bits per heavy atom. The minimum absolute atomic E-state index is 0.565. The molecule has 2 saturated carbocycles. The van der Waals surface area contributed by atoms with E-state index in [0.717, 1.165) is 31.6 Å². The van der Waals surface area contributed by atoms with E-state index in [-0.39, 0.29) is 0 Å². The second-order valence-corrected chi connectivity index (χ2v) is 6.94. The number of hydrogen-bond acceptors (Lipinski definition) is 2. The Hall–Kier alpha value is -0.0800. The molecule has 3 atom stereocenters. The van der Waals surface area contributed by atoms with Crippen molar-refractivity contribution in [3.05, 3.63) is 0 Å². The lowest BCUT2D eigenvalue weighted by Crippen LogP contribution is -2.39. The minimum Gasteiger partial charge on any atom is -0.381 e. The van der Waals surface area contributed by atoms with E-state index < -0.39 is 0 Å². The molecule has 1 N–H and O–H groups in total. The molecule has 0 aromatic heterocycles. The molecule has 3 unspecified atom stereocenters. The van der Waals surface area contributed by atoms with Crippen LogP contribution in [-0.2, 0) is 4.74 Å². The Morgan fingerprint density at radius 1 is 1.33 bits per heavy atom. The first-order valence-electron chi connectivity index (χ1n) is 7.95. The maximum Gasteiger partial charge on any atom is 0.0488 e. The van der Waals surface area contributed by atoms with Crippen molar-refractivity contribution in [1.82, 2.24) is 5.32 Å². The average Bonchev–Trinajstić information content (AvgIpc) is 2.93. The zero-order valence-corrected chi connectivity index (χ0v) is 12.5. The Bertz CT molecular complexity index is 253. The van der Waals surface area contributed by atoms with Crippen molar-refractivity contribution < 1.29 is 4.74 Å². The Balaban J connectivity index is 1.82. The summed E-state index contributed by atoms with van der Waals surface area (Å²) in [6, 6.07) is 0. The molecule has 2 aliphatic carbocycles. The third kappa shape index (κ3) is 3.27. The predicted molar refractivity (Wildman–Crippen MR) is 76.7 cm³/mol. The van der Waals surface area contributed by atoms with Crippen molar-refractivity contribution in [2.24, 2.45) is 23.2 Å². The molecule has 0 amide bonds. The molecule has 0 radical (unpaired) electrons. The zero-order chi connectivity index (χ0) is 13.0. The van der Waals surface area contributed by atoms with Gasteiger partial charge in [0.25, 0.3) is 0 Å². The number of nitrogens with one attached hydrogen (secondary N) is 1. The van der Waals surface area contributed by atoms with E-state index >= 15 is 0 Å². The van der Waals surface area contributed by atoms with Crippen LogP contribution in [0.25, 0.3) is 0 Å². The van der Waals surface area contributed by atoms with Gasteiger partial charge in [0.2, 0.25) is 0 Å². The van der Waals surface area contributed by atoms with Crippen LogP contribution in [0.2, 0.25) is 0 Å². The highest BCUT2D eigenvalue weighted by molar-refractivity contribution is 5.01. The van der Waals surface area contributed by atoms with Crippen molar-refractivity contribution >= 4 is 0 Å². The van der Waals surface area contributed by atoms with Gasteiger partial charge < -0.3 is 10.1 Å². The van der Waals surface area contributed by atoms with Crippen LogP contribution in [0.3, 0.4) is 0 Å². The predicted octanol–water partition coefficient (Wildman–Crippen LogP) is 3.47. The molecular weight excluding hydrogens is 222 g/mol. The summed E-state index contributed by atoms with van der Waals surface area (Å²) in [5, 5.41) is 3.61. The van der Waals surface area contributed by atoms with Gasteiger partial charge in [0.05, 0.1) is 0 Å². The highest BCUT2D eigenvalue weighted by Gasteiger charge is 2.49. The lowest BCUT2D eigenvalue weighted by atomic mass is 9.71. The summed E-state index contributed by atoms with van der Waals surface area (Å²) >= 11 is 0. The van der Waals surface area contributed by atoms with Gasteiger partial charge in [0, 0.05) is 19.8 Å². The van der Waals surface area contributed by atoms with E-state index in [4.69, 9.17) is 4.74 Å². The molecule has 0 aliphatic heterocycles. The van der Waals surface area contributed by atoms with Crippen molar-refractivity contribution in [3.8, 4) is 0 Å². The second kappa shape index (κ2) is 6.38. The first-order valence-corrected chi connectivity index (χ1v) is 7.95. The lowest BCUT2D eigenvalue weighted by Gasteiger charge is -2.38. The standard InChI is InChI=1S/C16H31NO/c1-4-17-12-16(7-8-18-11-13(2)3)10-14-5-6-15(16)9-14/h13-15,17H,4-12H2,1-3H3. The fourth-order valence-corrected chi connectivity index (χ4v) is 4.14. The molecule has 0 aromatic carbocycles. The van der Waals surface area contributed by atoms with Gasteiger partial charge in [0.15, 0.2) is 0 Å². The van der Waals surface area contributed by atoms with Gasteiger partial charge in [0.1, 0.15) is 0 Å². The molecule has 2 nitrogen and oxygen atoms in total. The zero-order valence-electron chi connectivity index (χ0n) is 12.5. The van der Waals surface area contributed by atoms with Crippen LogP contribution in [0.15, 0.2) is 0 Å². The van der Waals surface area contributed by atoms with Crippen LogP contribution in [0.4, 0.5) is 0 Å². The van der Waals surface area contributed by atoms with Crippen molar-refractivity contribution in [1.29, 1.82) is 0 Å². The number of ether oxygens (including phenoxy) is 1. The Labute approximate surface area is 113 Å². The summed E-state index contributed by atoms with van der Waals surface area (Å²) < 4.78 is 5.84. The molecular formula is C16H31NO. The maximum absolute atomic E-state index is 5.84. The molecule has 0 aromatic rings. The van der Waals surface area contributed by atoms with E-state index in [2.05, 4.69) is 26.1 Å². The van der Waals surface area contributed by atoms with Gasteiger partial charge in [-0.05, 0) is 55.4 Å². The largest absolute Gasteiger partial charge is 0.381 e. The van der Waals surface area contributed by atoms with Crippen molar-refractivity contribution in [2.75, 3.05) is 26.3 Å². The molecule has 2 aliphatic rings. The molecule has 2 bridgehead atoms. The van der Waals surface area contributed by atoms with Gasteiger partial charge in [-0.1, -0.05) is 27.2 Å². The molecule has 0 saturated heterocycles. The Kier molecular flexibility index (Phi) is 5.08. The number of hydrogen-bond donors (Lipinski definition) is 1. The highest BCUT2D eigenvalue weighted by Crippen LogP contribution is 2.57. The van der Waals surface area contributed by atoms with E-state index in [1.54, 1.807) is 0 Å². The molecule has 0 heterocycles. The van der Waals surface area contributed by atoms with Crippen molar-refractivity contribution in [2.45, 2.75) is 52.9 Å². The van der Waals surface area contributed by atoms with Crippen LogP contribution in [0, 0.1) is 23.2 Å². The van der Waals surface area contributed by atoms with Gasteiger partial charge in [-0.15, -0.1) is 0 Å². The summed E-state index contributed by atoms with van der Waals surface area (Å²) in [6.45, 7) is 10.9. The first-order chi connectivity index (χ1) is 8.66. The molecule has 0 spiro atoms. The lowest BCUT2D eigenvalue weighted by molar-refractivity contribution is 0.0520. The monoisotopic (exact) mass is 253 g/mol. The van der Waals surface area contributed by atoms with Gasteiger partial charge >= 0.3 is 0 Å². The quantitative estimate of drug-likeness (QED) is 0.669. The summed E-state index contributed by atoms with van der Waals surface area (Å²) in [5.74, 6) is 2.66. The van der Waals surface area contributed by atoms with E-state index in [1.807, 2.05) is 0 Å². The third-order valence-corrected chi connectivity index (χ3v) is 5.02. The van der Waals surface area contributed by atoms with Crippen LogP contribution in [-0.4, -0.2) is 26.3 Å². The summed E-state index contributed by atoms with van der Waals surface area (Å²) in [4.78, 5) is 0. The first kappa shape index (κ1) is 14.3. The average molecular weight is 253 g/mol. The smallest absolute Gasteiger partial charge is 0.0488 e. The molecule has 18 heavy (non-hydrogen) atoms. The van der Waals surface area contributed by atoms with Crippen LogP contribution in [0.5, 0.6) is 0 Å². The minimum atomic E-state index is 0.565. The van der Waals surface area contributed by atoms with E-state index in [1.165, 1.54) is 38.6 Å². The molecule has 2 fully saturated rings. The fraction of sp³-hybridized carbons (Fsp3) is 1.00. The van der Waals surface area contributed by atoms with E-state index in [9.17, 15) is 0 Å².